The topological polar surface area (TPSA) is 123 Å². The molecule has 1 aromatic carbocycles. The van der Waals surface area contributed by atoms with E-state index in [1.54, 1.807) is 26.7 Å². The molecule has 2 aliphatic rings. The summed E-state index contributed by atoms with van der Waals surface area (Å²) in [5.74, 6) is 0.0590. The van der Waals surface area contributed by atoms with Crippen molar-refractivity contribution in [2.45, 2.75) is 37.7 Å². The molecule has 0 aliphatic carbocycles. The normalized spacial score (nSPS) is 18.9. The lowest BCUT2D eigenvalue weighted by Gasteiger charge is -2.32. The largest absolute Gasteiger partial charge is 0.488 e. The molecule has 5 rings (SSSR count). The minimum absolute atomic E-state index is 0.0589. The molecule has 11 nitrogen and oxygen atoms in total. The number of nitrogens with one attached hydrogen (secondary N) is 1. The van der Waals surface area contributed by atoms with Crippen LogP contribution in [0.4, 0.5) is 5.95 Å². The number of aromatic nitrogens is 4. The maximum atomic E-state index is 13.0. The van der Waals surface area contributed by atoms with Gasteiger partial charge in [0.2, 0.25) is 17.8 Å². The third-order valence-corrected chi connectivity index (χ3v) is 6.71. The second-order valence-corrected chi connectivity index (χ2v) is 9.41. The highest BCUT2D eigenvalue weighted by Crippen LogP contribution is 2.35. The van der Waals surface area contributed by atoms with Crippen LogP contribution in [-0.2, 0) is 16.6 Å². The number of carbonyl (C=O) groups is 3. The number of anilines is 1. The van der Waals surface area contributed by atoms with Gasteiger partial charge in [-0.15, -0.1) is 0 Å². The van der Waals surface area contributed by atoms with Crippen molar-refractivity contribution >= 4 is 34.6 Å². The minimum Gasteiger partial charge on any atom is -0.488 e. The van der Waals surface area contributed by atoms with Crippen molar-refractivity contribution in [1.82, 2.24) is 30.0 Å². The molecule has 1 atom stereocenters. The molecule has 3 amide bonds. The lowest BCUT2D eigenvalue weighted by molar-refractivity contribution is -0.134. The van der Waals surface area contributed by atoms with Crippen LogP contribution in [0.25, 0.3) is 10.9 Å². The molecule has 4 heterocycles. The highest BCUT2D eigenvalue weighted by molar-refractivity contribution is 6.03. The molecule has 2 saturated heterocycles. The van der Waals surface area contributed by atoms with E-state index in [-0.39, 0.29) is 23.8 Å². The predicted octanol–water partition coefficient (Wildman–Crippen LogP) is 1.63. The number of ether oxygens (including phenoxy) is 1. The van der Waals surface area contributed by atoms with Gasteiger partial charge in [-0.25, -0.2) is 9.97 Å². The van der Waals surface area contributed by atoms with Crippen molar-refractivity contribution in [3.05, 3.63) is 41.9 Å². The van der Waals surface area contributed by atoms with E-state index in [0.29, 0.717) is 61.9 Å². The van der Waals surface area contributed by atoms with Gasteiger partial charge in [-0.3, -0.25) is 24.4 Å². The standard InChI is InChI=1S/C25H29N7O4/c1-30(2)25-26-12-9-18(27-25)24(35)32-13-10-15(11-14-32)36-19-6-4-5-16-21(29-31(3)22(16)19)17-7-8-20(33)28-23(17)34/h4-6,9,12,15,17H,7-8,10-11,13-14H2,1-3H3,(H,28,33,34). The van der Waals surface area contributed by atoms with Crippen molar-refractivity contribution in [2.24, 2.45) is 7.05 Å². The summed E-state index contributed by atoms with van der Waals surface area (Å²) in [6, 6.07) is 7.37. The number of piperidine rings is 2. The smallest absolute Gasteiger partial charge is 0.272 e. The number of rotatable bonds is 5. The van der Waals surface area contributed by atoms with Gasteiger partial charge in [-0.1, -0.05) is 12.1 Å². The zero-order chi connectivity index (χ0) is 25.4. The average molecular weight is 492 g/mol. The Morgan fingerprint density at radius 2 is 1.92 bits per heavy atom. The summed E-state index contributed by atoms with van der Waals surface area (Å²) < 4.78 is 8.13. The minimum atomic E-state index is -0.467. The van der Waals surface area contributed by atoms with Gasteiger partial charge in [0.15, 0.2) is 0 Å². The molecule has 2 fully saturated rings. The van der Waals surface area contributed by atoms with Crippen LogP contribution >= 0.6 is 0 Å². The monoisotopic (exact) mass is 491 g/mol. The van der Waals surface area contributed by atoms with Crippen LogP contribution in [0.15, 0.2) is 30.5 Å². The Kier molecular flexibility index (Phi) is 6.29. The van der Waals surface area contributed by atoms with Crippen LogP contribution in [-0.4, -0.2) is 75.7 Å². The van der Waals surface area contributed by atoms with E-state index in [1.165, 1.54) is 0 Å². The van der Waals surface area contributed by atoms with Crippen LogP contribution in [0.1, 0.15) is 47.8 Å². The second kappa shape index (κ2) is 9.56. The molecule has 3 aromatic rings. The Bertz CT molecular complexity index is 1330. The Hall–Kier alpha value is -4.02. The fourth-order valence-corrected chi connectivity index (χ4v) is 4.84. The molecule has 0 spiro atoms. The fourth-order valence-electron chi connectivity index (χ4n) is 4.84. The zero-order valence-corrected chi connectivity index (χ0v) is 20.6. The van der Waals surface area contributed by atoms with E-state index in [1.807, 2.05) is 39.3 Å². The van der Waals surface area contributed by atoms with Gasteiger partial charge >= 0.3 is 0 Å². The highest BCUT2D eigenvalue weighted by atomic mass is 16.5. The van der Waals surface area contributed by atoms with Gasteiger partial charge in [0.25, 0.3) is 5.91 Å². The Labute approximate surface area is 208 Å². The summed E-state index contributed by atoms with van der Waals surface area (Å²) in [6.45, 7) is 1.13. The molecule has 0 saturated carbocycles. The molecule has 0 radical (unpaired) electrons. The second-order valence-electron chi connectivity index (χ2n) is 9.41. The summed E-state index contributed by atoms with van der Waals surface area (Å²) in [5.41, 5.74) is 1.85. The number of para-hydroxylation sites is 1. The fraction of sp³-hybridized carbons (Fsp3) is 0.440. The Balaban J connectivity index is 1.29. The lowest BCUT2D eigenvalue weighted by Crippen LogP contribution is -2.42. The molecule has 0 bridgehead atoms. The van der Waals surface area contributed by atoms with Crippen molar-refractivity contribution in [3.8, 4) is 5.75 Å². The number of aryl methyl sites for hydroxylation is 1. The van der Waals surface area contributed by atoms with Crippen molar-refractivity contribution in [1.29, 1.82) is 0 Å². The number of benzene rings is 1. The van der Waals surface area contributed by atoms with E-state index < -0.39 is 5.92 Å². The van der Waals surface area contributed by atoms with Gasteiger partial charge in [0.05, 0.1) is 11.6 Å². The molecular weight excluding hydrogens is 462 g/mol. The van der Waals surface area contributed by atoms with Gasteiger partial charge in [0, 0.05) is 65.1 Å². The van der Waals surface area contributed by atoms with Crippen LogP contribution in [0.2, 0.25) is 0 Å². The first-order chi connectivity index (χ1) is 17.3. The third-order valence-electron chi connectivity index (χ3n) is 6.71. The third kappa shape index (κ3) is 4.48. The van der Waals surface area contributed by atoms with E-state index in [4.69, 9.17) is 4.74 Å². The molecule has 2 aliphatic heterocycles. The predicted molar refractivity (Wildman–Crippen MR) is 132 cm³/mol. The molecule has 1 N–H and O–H groups in total. The quantitative estimate of drug-likeness (QED) is 0.535. The number of nitrogens with zero attached hydrogens (tertiary/aromatic N) is 6. The molecule has 1 unspecified atom stereocenters. The van der Waals surface area contributed by atoms with E-state index in [2.05, 4.69) is 20.4 Å². The van der Waals surface area contributed by atoms with Crippen LogP contribution in [0.5, 0.6) is 5.75 Å². The number of amides is 3. The number of carbonyl (C=O) groups excluding carboxylic acids is 3. The SMILES string of the molecule is CN(C)c1nccc(C(=O)N2CCC(Oc3cccc4c(C5CCC(=O)NC5=O)nn(C)c34)CC2)n1. The highest BCUT2D eigenvalue weighted by Gasteiger charge is 2.32. The van der Waals surface area contributed by atoms with E-state index in [0.717, 1.165) is 10.9 Å². The van der Waals surface area contributed by atoms with Crippen molar-refractivity contribution in [2.75, 3.05) is 32.1 Å². The van der Waals surface area contributed by atoms with Gasteiger partial charge in [-0.2, -0.15) is 5.10 Å². The van der Waals surface area contributed by atoms with Crippen LogP contribution < -0.4 is 15.0 Å². The first kappa shape index (κ1) is 23.7. The Morgan fingerprint density at radius 1 is 1.14 bits per heavy atom. The summed E-state index contributed by atoms with van der Waals surface area (Å²) in [6.07, 6.45) is 3.65. The molecule has 11 heteroatoms. The molecule has 2 aromatic heterocycles. The zero-order valence-electron chi connectivity index (χ0n) is 20.6. The Morgan fingerprint density at radius 3 is 2.64 bits per heavy atom. The van der Waals surface area contributed by atoms with Crippen molar-refractivity contribution < 1.29 is 19.1 Å². The average Bonchev–Trinajstić information content (AvgIpc) is 3.21. The van der Waals surface area contributed by atoms with E-state index >= 15 is 0 Å². The molecule has 36 heavy (non-hydrogen) atoms. The molecular formula is C25H29N7O4. The first-order valence-corrected chi connectivity index (χ1v) is 12.1. The lowest BCUT2D eigenvalue weighted by atomic mass is 9.93. The summed E-state index contributed by atoms with van der Waals surface area (Å²) in [4.78, 5) is 49.1. The number of hydrogen-bond donors (Lipinski definition) is 1. The van der Waals surface area contributed by atoms with Crippen molar-refractivity contribution in [3.63, 3.8) is 0 Å². The maximum Gasteiger partial charge on any atom is 0.272 e. The van der Waals surface area contributed by atoms with Crippen LogP contribution in [0.3, 0.4) is 0 Å². The summed E-state index contributed by atoms with van der Waals surface area (Å²) in [7, 11) is 5.50. The molecule has 188 valence electrons. The van der Waals surface area contributed by atoms with Gasteiger partial charge < -0.3 is 14.5 Å². The summed E-state index contributed by atoms with van der Waals surface area (Å²) >= 11 is 0. The first-order valence-electron chi connectivity index (χ1n) is 12.1. The number of hydrogen-bond acceptors (Lipinski definition) is 8. The maximum absolute atomic E-state index is 13.0. The summed E-state index contributed by atoms with van der Waals surface area (Å²) in [5, 5.41) is 7.89. The number of imide groups is 1. The van der Waals surface area contributed by atoms with Gasteiger partial charge in [0.1, 0.15) is 23.1 Å². The van der Waals surface area contributed by atoms with Crippen LogP contribution in [0, 0.1) is 0 Å². The number of fused-ring (bicyclic) bond motifs is 1. The van der Waals surface area contributed by atoms with Gasteiger partial charge in [-0.05, 0) is 18.6 Å². The number of likely N-dealkylation sites (tertiary alicyclic amines) is 1. The van der Waals surface area contributed by atoms with E-state index in [9.17, 15) is 14.4 Å².